The van der Waals surface area contributed by atoms with Crippen LogP contribution in [-0.4, -0.2) is 29.9 Å². The minimum Gasteiger partial charge on any atom is -0.351 e. The first-order valence-corrected chi connectivity index (χ1v) is 10.7. The first-order chi connectivity index (χ1) is 13.8. The average molecular weight is 458 g/mol. The van der Waals surface area contributed by atoms with E-state index in [1.807, 2.05) is 63.2 Å². The third kappa shape index (κ3) is 5.18. The van der Waals surface area contributed by atoms with Crippen molar-refractivity contribution in [2.45, 2.75) is 40.2 Å². The third-order valence-corrected chi connectivity index (χ3v) is 6.53. The molecular formula is C23H28BrN3O2. The quantitative estimate of drug-likeness (QED) is 0.676. The Hall–Kier alpha value is -2.34. The molecule has 0 radical (unpaired) electrons. The minimum atomic E-state index is -0.589. The van der Waals surface area contributed by atoms with Gasteiger partial charge in [0.1, 0.15) is 0 Å². The number of carbonyl (C=O) groups is 2. The van der Waals surface area contributed by atoms with Crippen LogP contribution in [0.25, 0.3) is 0 Å². The lowest BCUT2D eigenvalue weighted by Crippen LogP contribution is -2.52. The summed E-state index contributed by atoms with van der Waals surface area (Å²) in [6, 6.07) is 13.6. The summed E-state index contributed by atoms with van der Waals surface area (Å²) in [5.74, 6) is -0.00209. The van der Waals surface area contributed by atoms with E-state index in [4.69, 9.17) is 0 Å². The van der Waals surface area contributed by atoms with Gasteiger partial charge in [-0.05, 0) is 68.5 Å². The van der Waals surface area contributed by atoms with Gasteiger partial charge in [0.2, 0.25) is 5.91 Å². The Bertz CT molecular complexity index is 915. The van der Waals surface area contributed by atoms with Crippen molar-refractivity contribution >= 4 is 33.6 Å². The van der Waals surface area contributed by atoms with Crippen LogP contribution in [0.2, 0.25) is 0 Å². The molecule has 154 valence electrons. The van der Waals surface area contributed by atoms with Crippen LogP contribution in [0.5, 0.6) is 0 Å². The molecule has 0 aromatic heterocycles. The fourth-order valence-electron chi connectivity index (χ4n) is 3.72. The molecule has 2 aromatic rings. The van der Waals surface area contributed by atoms with Crippen molar-refractivity contribution in [2.24, 2.45) is 5.41 Å². The minimum absolute atomic E-state index is 0.00209. The van der Waals surface area contributed by atoms with E-state index < -0.39 is 5.41 Å². The van der Waals surface area contributed by atoms with Crippen molar-refractivity contribution in [1.82, 2.24) is 10.2 Å². The van der Waals surface area contributed by atoms with Gasteiger partial charge in [-0.2, -0.15) is 0 Å². The van der Waals surface area contributed by atoms with Gasteiger partial charge < -0.3 is 15.5 Å². The predicted molar refractivity (Wildman–Crippen MR) is 120 cm³/mol. The van der Waals surface area contributed by atoms with Crippen LogP contribution in [0.3, 0.4) is 0 Å². The van der Waals surface area contributed by atoms with E-state index in [2.05, 4.69) is 26.6 Å². The van der Waals surface area contributed by atoms with Crippen LogP contribution in [0.4, 0.5) is 10.5 Å². The third-order valence-electron chi connectivity index (χ3n) is 5.64. The lowest BCUT2D eigenvalue weighted by Gasteiger charge is -2.39. The first-order valence-electron chi connectivity index (χ1n) is 9.93. The first kappa shape index (κ1) is 21.4. The molecule has 3 rings (SSSR count). The van der Waals surface area contributed by atoms with Crippen LogP contribution in [0.15, 0.2) is 46.9 Å². The highest BCUT2D eigenvalue weighted by molar-refractivity contribution is 9.10. The van der Waals surface area contributed by atoms with E-state index in [0.29, 0.717) is 19.6 Å². The number of likely N-dealkylation sites (tertiary alicyclic amines) is 1. The van der Waals surface area contributed by atoms with E-state index in [1.165, 1.54) is 0 Å². The molecule has 1 saturated heterocycles. The van der Waals surface area contributed by atoms with E-state index in [0.717, 1.165) is 39.7 Å². The van der Waals surface area contributed by atoms with Crippen LogP contribution < -0.4 is 10.6 Å². The molecule has 0 bridgehead atoms. The number of nitrogens with zero attached hydrogens (tertiary/aromatic N) is 1. The number of anilines is 1. The molecule has 2 aromatic carbocycles. The molecule has 0 saturated carbocycles. The normalized spacial score (nSPS) is 19.0. The number of benzene rings is 2. The van der Waals surface area contributed by atoms with Gasteiger partial charge in [-0.25, -0.2) is 4.79 Å². The number of amides is 3. The molecule has 0 unspecified atom stereocenters. The maximum absolute atomic E-state index is 12.9. The lowest BCUT2D eigenvalue weighted by atomic mass is 9.81. The van der Waals surface area contributed by atoms with Crippen molar-refractivity contribution in [2.75, 3.05) is 18.4 Å². The van der Waals surface area contributed by atoms with Crippen molar-refractivity contribution in [3.63, 3.8) is 0 Å². The van der Waals surface area contributed by atoms with Gasteiger partial charge in [0.05, 0.1) is 5.41 Å². The van der Waals surface area contributed by atoms with Crippen LogP contribution in [-0.2, 0) is 11.3 Å². The molecule has 2 N–H and O–H groups in total. The highest BCUT2D eigenvalue weighted by Crippen LogP contribution is 2.30. The van der Waals surface area contributed by atoms with E-state index in [9.17, 15) is 9.59 Å². The smallest absolute Gasteiger partial charge is 0.321 e. The number of piperidine rings is 1. The molecule has 3 amide bonds. The number of nitrogens with one attached hydrogen (secondary N) is 2. The van der Waals surface area contributed by atoms with E-state index >= 15 is 0 Å². The van der Waals surface area contributed by atoms with Gasteiger partial charge in [0.15, 0.2) is 0 Å². The second-order valence-electron chi connectivity index (χ2n) is 8.09. The molecule has 5 nitrogen and oxygen atoms in total. The molecule has 1 atom stereocenters. The Morgan fingerprint density at radius 1 is 1.14 bits per heavy atom. The SMILES string of the molecule is Cc1cc(NC(=O)N2CCC[C@@](C)(C(=O)NCc3ccccc3C)C2)ccc1Br. The predicted octanol–water partition coefficient (Wildman–Crippen LogP) is 5.02. The van der Waals surface area contributed by atoms with Crippen LogP contribution in [0, 0.1) is 19.3 Å². The number of halogens is 1. The Kier molecular flexibility index (Phi) is 6.63. The molecule has 0 spiro atoms. The zero-order valence-corrected chi connectivity index (χ0v) is 18.8. The second kappa shape index (κ2) is 8.99. The fourth-order valence-corrected chi connectivity index (χ4v) is 3.97. The summed E-state index contributed by atoms with van der Waals surface area (Å²) in [5, 5.41) is 6.03. The van der Waals surface area contributed by atoms with Crippen molar-refractivity contribution in [1.29, 1.82) is 0 Å². The summed E-state index contributed by atoms with van der Waals surface area (Å²) in [6.45, 7) is 7.54. The molecule has 1 fully saturated rings. The molecule has 1 aliphatic heterocycles. The summed E-state index contributed by atoms with van der Waals surface area (Å²) in [4.78, 5) is 27.5. The number of hydrogen-bond acceptors (Lipinski definition) is 2. The van der Waals surface area contributed by atoms with Gasteiger partial charge in [-0.1, -0.05) is 40.2 Å². The van der Waals surface area contributed by atoms with E-state index in [-0.39, 0.29) is 11.9 Å². The van der Waals surface area contributed by atoms with Crippen molar-refractivity contribution in [3.8, 4) is 0 Å². The van der Waals surface area contributed by atoms with Gasteiger partial charge in [-0.15, -0.1) is 0 Å². The molecule has 29 heavy (non-hydrogen) atoms. The van der Waals surface area contributed by atoms with Gasteiger partial charge >= 0.3 is 6.03 Å². The maximum atomic E-state index is 12.9. The Balaban J connectivity index is 1.61. The summed E-state index contributed by atoms with van der Waals surface area (Å²) in [7, 11) is 0. The summed E-state index contributed by atoms with van der Waals surface area (Å²) in [6.07, 6.45) is 1.58. The number of rotatable bonds is 4. The van der Waals surface area contributed by atoms with Crippen LogP contribution in [0.1, 0.15) is 36.5 Å². The molecule has 1 aliphatic rings. The summed E-state index contributed by atoms with van der Waals surface area (Å²) >= 11 is 3.47. The standard InChI is InChI=1S/C23H28BrN3O2/c1-16-7-4-5-8-18(16)14-25-21(28)23(3)11-6-12-27(15-23)22(29)26-19-9-10-20(24)17(2)13-19/h4-5,7-10,13H,6,11-12,14-15H2,1-3H3,(H,25,28)(H,26,29)/t23-/m1/s1. The maximum Gasteiger partial charge on any atom is 0.321 e. The van der Waals surface area contributed by atoms with E-state index in [1.54, 1.807) is 4.90 Å². The summed E-state index contributed by atoms with van der Waals surface area (Å²) in [5.41, 5.74) is 3.50. The second-order valence-corrected chi connectivity index (χ2v) is 8.94. The topological polar surface area (TPSA) is 61.4 Å². The van der Waals surface area contributed by atoms with Gasteiger partial charge in [-0.3, -0.25) is 4.79 Å². The average Bonchev–Trinajstić information content (AvgIpc) is 2.70. The van der Waals surface area contributed by atoms with Crippen molar-refractivity contribution < 1.29 is 9.59 Å². The van der Waals surface area contributed by atoms with Crippen molar-refractivity contribution in [3.05, 3.63) is 63.6 Å². The molecule has 6 heteroatoms. The zero-order chi connectivity index (χ0) is 21.0. The Labute approximate surface area is 181 Å². The number of urea groups is 1. The fraction of sp³-hybridized carbons (Fsp3) is 0.391. The number of carbonyl (C=O) groups excluding carboxylic acids is 2. The lowest BCUT2D eigenvalue weighted by molar-refractivity contribution is -0.132. The number of hydrogen-bond donors (Lipinski definition) is 2. The van der Waals surface area contributed by atoms with Gasteiger partial charge in [0, 0.05) is 29.8 Å². The highest BCUT2D eigenvalue weighted by Gasteiger charge is 2.39. The Morgan fingerprint density at radius 2 is 1.90 bits per heavy atom. The van der Waals surface area contributed by atoms with Gasteiger partial charge in [0.25, 0.3) is 0 Å². The highest BCUT2D eigenvalue weighted by atomic mass is 79.9. The Morgan fingerprint density at radius 3 is 2.62 bits per heavy atom. The number of aryl methyl sites for hydroxylation is 2. The molecular weight excluding hydrogens is 430 g/mol. The molecule has 0 aliphatic carbocycles. The monoisotopic (exact) mass is 457 g/mol. The molecule has 1 heterocycles. The summed E-state index contributed by atoms with van der Waals surface area (Å²) < 4.78 is 1.01. The zero-order valence-electron chi connectivity index (χ0n) is 17.2. The largest absolute Gasteiger partial charge is 0.351 e. The van der Waals surface area contributed by atoms with Crippen LogP contribution >= 0.6 is 15.9 Å².